The van der Waals surface area contributed by atoms with Crippen LogP contribution in [-0.4, -0.2) is 6.04 Å². The van der Waals surface area contributed by atoms with Gasteiger partial charge in [0.2, 0.25) is 0 Å². The summed E-state index contributed by atoms with van der Waals surface area (Å²) in [6.45, 7) is 2.59. The van der Waals surface area contributed by atoms with Crippen LogP contribution in [0.2, 0.25) is 5.02 Å². The Hall–Kier alpha value is -1.58. The van der Waals surface area contributed by atoms with Crippen LogP contribution in [-0.2, 0) is 6.54 Å². The third-order valence-electron chi connectivity index (χ3n) is 3.48. The minimum Gasteiger partial charge on any atom is -0.457 e. The number of rotatable bonds is 5. The lowest BCUT2D eigenvalue weighted by Gasteiger charge is -2.11. The summed E-state index contributed by atoms with van der Waals surface area (Å²) in [6.07, 6.45) is 2.42. The van der Waals surface area contributed by atoms with Gasteiger partial charge in [0, 0.05) is 23.7 Å². The van der Waals surface area contributed by atoms with Crippen molar-refractivity contribution in [3.05, 3.63) is 58.4 Å². The molecule has 0 radical (unpaired) electrons. The van der Waals surface area contributed by atoms with E-state index in [-0.39, 0.29) is 5.82 Å². The maximum Gasteiger partial charge on any atom is 0.131 e. The Morgan fingerprint density at radius 3 is 2.81 bits per heavy atom. The topological polar surface area (TPSA) is 21.3 Å². The van der Waals surface area contributed by atoms with Gasteiger partial charge in [-0.3, -0.25) is 0 Å². The van der Waals surface area contributed by atoms with Crippen LogP contribution in [0.5, 0.6) is 11.5 Å². The van der Waals surface area contributed by atoms with Gasteiger partial charge in [-0.2, -0.15) is 0 Å². The molecule has 2 aromatic rings. The normalized spacial score (nSPS) is 14.2. The summed E-state index contributed by atoms with van der Waals surface area (Å²) >= 11 is 5.97. The van der Waals surface area contributed by atoms with Crippen LogP contribution in [0, 0.1) is 12.7 Å². The molecule has 0 atom stereocenters. The number of hydrogen-bond acceptors (Lipinski definition) is 2. The molecule has 0 bridgehead atoms. The van der Waals surface area contributed by atoms with Gasteiger partial charge in [-0.1, -0.05) is 17.7 Å². The Morgan fingerprint density at radius 2 is 2.05 bits per heavy atom. The Labute approximate surface area is 128 Å². The van der Waals surface area contributed by atoms with Crippen molar-refractivity contribution in [3.8, 4) is 11.5 Å². The second-order valence-corrected chi connectivity index (χ2v) is 5.90. The van der Waals surface area contributed by atoms with Crippen molar-refractivity contribution in [2.24, 2.45) is 0 Å². The van der Waals surface area contributed by atoms with Crippen LogP contribution in [0.3, 0.4) is 0 Å². The molecule has 4 heteroatoms. The molecule has 2 nitrogen and oxygen atoms in total. The van der Waals surface area contributed by atoms with E-state index in [1.807, 2.05) is 19.1 Å². The number of benzene rings is 2. The summed E-state index contributed by atoms with van der Waals surface area (Å²) < 4.78 is 19.5. The summed E-state index contributed by atoms with van der Waals surface area (Å²) in [5, 5.41) is 3.97. The van der Waals surface area contributed by atoms with E-state index in [0.717, 1.165) is 11.1 Å². The standard InChI is InChI=1S/C17H17ClFNO/c1-11-2-3-13(18)8-17(11)21-16-7-12(6-14(19)9-16)10-20-15-4-5-15/h2-3,6-9,15,20H,4-5,10H2,1H3. The molecular weight excluding hydrogens is 289 g/mol. The van der Waals surface area contributed by atoms with E-state index in [2.05, 4.69) is 5.32 Å². The number of halogens is 2. The lowest BCUT2D eigenvalue weighted by molar-refractivity contribution is 0.471. The molecule has 21 heavy (non-hydrogen) atoms. The molecule has 0 spiro atoms. The van der Waals surface area contributed by atoms with E-state index in [9.17, 15) is 4.39 Å². The minimum atomic E-state index is -0.292. The molecule has 3 rings (SSSR count). The quantitative estimate of drug-likeness (QED) is 0.854. The van der Waals surface area contributed by atoms with Crippen LogP contribution >= 0.6 is 11.6 Å². The van der Waals surface area contributed by atoms with Crippen LogP contribution in [0.15, 0.2) is 36.4 Å². The fourth-order valence-electron chi connectivity index (χ4n) is 2.14. The highest BCUT2D eigenvalue weighted by Crippen LogP contribution is 2.29. The second-order valence-electron chi connectivity index (χ2n) is 5.46. The third-order valence-corrected chi connectivity index (χ3v) is 3.72. The summed E-state index contributed by atoms with van der Waals surface area (Å²) in [5.41, 5.74) is 1.85. The van der Waals surface area contributed by atoms with Crippen molar-refractivity contribution in [2.75, 3.05) is 0 Å². The fraction of sp³-hybridized carbons (Fsp3) is 0.294. The van der Waals surface area contributed by atoms with Gasteiger partial charge >= 0.3 is 0 Å². The first-order valence-corrected chi connectivity index (χ1v) is 7.45. The molecule has 1 aliphatic rings. The molecule has 1 saturated carbocycles. The van der Waals surface area contributed by atoms with Gasteiger partial charge in [-0.15, -0.1) is 0 Å². The van der Waals surface area contributed by atoms with Crippen molar-refractivity contribution in [1.82, 2.24) is 5.32 Å². The number of ether oxygens (including phenoxy) is 1. The van der Waals surface area contributed by atoms with Crippen LogP contribution in [0.4, 0.5) is 4.39 Å². The smallest absolute Gasteiger partial charge is 0.131 e. The molecule has 1 fully saturated rings. The van der Waals surface area contributed by atoms with Gasteiger partial charge in [0.1, 0.15) is 17.3 Å². The molecule has 2 aromatic carbocycles. The number of nitrogens with one attached hydrogen (secondary N) is 1. The molecule has 1 N–H and O–H groups in total. The number of aryl methyl sites for hydroxylation is 1. The summed E-state index contributed by atoms with van der Waals surface area (Å²) in [5.74, 6) is 0.849. The van der Waals surface area contributed by atoms with Gasteiger partial charge in [0.15, 0.2) is 0 Å². The molecule has 0 aliphatic heterocycles. The summed E-state index contributed by atoms with van der Waals surface area (Å²) in [4.78, 5) is 0. The number of hydrogen-bond donors (Lipinski definition) is 1. The van der Waals surface area contributed by atoms with E-state index in [4.69, 9.17) is 16.3 Å². The second kappa shape index (κ2) is 6.04. The highest BCUT2D eigenvalue weighted by molar-refractivity contribution is 6.30. The van der Waals surface area contributed by atoms with Gasteiger partial charge < -0.3 is 10.1 Å². The van der Waals surface area contributed by atoms with Crippen molar-refractivity contribution < 1.29 is 9.13 Å². The van der Waals surface area contributed by atoms with Crippen molar-refractivity contribution in [2.45, 2.75) is 32.4 Å². The fourth-order valence-corrected chi connectivity index (χ4v) is 2.30. The molecule has 0 saturated heterocycles. The predicted molar refractivity (Wildman–Crippen MR) is 82.5 cm³/mol. The van der Waals surface area contributed by atoms with E-state index in [1.54, 1.807) is 12.1 Å². The lowest BCUT2D eigenvalue weighted by Crippen LogP contribution is -2.15. The zero-order chi connectivity index (χ0) is 14.8. The van der Waals surface area contributed by atoms with E-state index >= 15 is 0 Å². The van der Waals surface area contributed by atoms with Crippen molar-refractivity contribution >= 4 is 11.6 Å². The van der Waals surface area contributed by atoms with E-state index in [0.29, 0.717) is 29.1 Å². The highest BCUT2D eigenvalue weighted by atomic mass is 35.5. The van der Waals surface area contributed by atoms with Gasteiger partial charge in [-0.05, 0) is 55.2 Å². The molecule has 0 aromatic heterocycles. The molecule has 0 heterocycles. The monoisotopic (exact) mass is 305 g/mol. The van der Waals surface area contributed by atoms with Crippen molar-refractivity contribution in [1.29, 1.82) is 0 Å². The summed E-state index contributed by atoms with van der Waals surface area (Å²) in [7, 11) is 0. The molecular formula is C17H17ClFNO. The van der Waals surface area contributed by atoms with Crippen LogP contribution in [0.1, 0.15) is 24.0 Å². The lowest BCUT2D eigenvalue weighted by atomic mass is 10.2. The van der Waals surface area contributed by atoms with Gasteiger partial charge in [0.05, 0.1) is 0 Å². The molecule has 0 amide bonds. The SMILES string of the molecule is Cc1ccc(Cl)cc1Oc1cc(F)cc(CNC2CC2)c1. The van der Waals surface area contributed by atoms with Crippen LogP contribution < -0.4 is 10.1 Å². The zero-order valence-corrected chi connectivity index (χ0v) is 12.6. The molecule has 0 unspecified atom stereocenters. The first kappa shape index (κ1) is 14.4. The average molecular weight is 306 g/mol. The summed E-state index contributed by atoms with van der Waals surface area (Å²) in [6, 6.07) is 10.8. The molecule has 110 valence electrons. The third kappa shape index (κ3) is 3.96. The highest BCUT2D eigenvalue weighted by Gasteiger charge is 2.20. The van der Waals surface area contributed by atoms with Gasteiger partial charge in [-0.25, -0.2) is 4.39 Å². The first-order valence-electron chi connectivity index (χ1n) is 7.07. The minimum absolute atomic E-state index is 0.292. The Balaban J connectivity index is 1.78. The predicted octanol–water partition coefficient (Wildman–Crippen LogP) is 4.83. The van der Waals surface area contributed by atoms with E-state index < -0.39 is 0 Å². The first-order chi connectivity index (χ1) is 10.1. The Morgan fingerprint density at radius 1 is 1.24 bits per heavy atom. The van der Waals surface area contributed by atoms with Crippen molar-refractivity contribution in [3.63, 3.8) is 0 Å². The average Bonchev–Trinajstić information content (AvgIpc) is 3.24. The van der Waals surface area contributed by atoms with E-state index in [1.165, 1.54) is 25.0 Å². The Bertz CT molecular complexity index is 655. The zero-order valence-electron chi connectivity index (χ0n) is 11.8. The Kier molecular flexibility index (Phi) is 4.13. The van der Waals surface area contributed by atoms with Crippen LogP contribution in [0.25, 0.3) is 0 Å². The maximum atomic E-state index is 13.7. The largest absolute Gasteiger partial charge is 0.457 e. The molecule has 1 aliphatic carbocycles. The van der Waals surface area contributed by atoms with Gasteiger partial charge in [0.25, 0.3) is 0 Å². The maximum absolute atomic E-state index is 13.7.